The van der Waals surface area contributed by atoms with Gasteiger partial charge in [0, 0.05) is 7.11 Å². The Bertz CT molecular complexity index is 1060. The first-order valence-electron chi connectivity index (χ1n) is 8.48. The van der Waals surface area contributed by atoms with Crippen molar-refractivity contribution in [3.8, 4) is 29.4 Å². The zero-order valence-corrected chi connectivity index (χ0v) is 16.1. The number of halogens is 3. The number of nitrogens with zero attached hydrogens (tertiary/aromatic N) is 2. The van der Waals surface area contributed by atoms with Crippen molar-refractivity contribution in [1.82, 2.24) is 0 Å². The Hall–Kier alpha value is -3.76. The van der Waals surface area contributed by atoms with Gasteiger partial charge in [-0.3, -0.25) is 0 Å². The molecule has 0 saturated heterocycles. The summed E-state index contributed by atoms with van der Waals surface area (Å²) in [5.74, 6) is -8.09. The Morgan fingerprint density at radius 2 is 1.70 bits per heavy atom. The molecule has 1 unspecified atom stereocenters. The molecule has 0 fully saturated rings. The molecule has 2 aromatic rings. The molecule has 1 atom stereocenters. The highest BCUT2D eigenvalue weighted by Gasteiger charge is 2.29. The molecule has 156 valence electrons. The van der Waals surface area contributed by atoms with Gasteiger partial charge >= 0.3 is 5.97 Å². The number of benzene rings is 2. The van der Waals surface area contributed by atoms with E-state index < -0.39 is 52.3 Å². The number of methoxy groups -OCH3 is 1. The average molecular weight is 420 g/mol. The molecule has 30 heavy (non-hydrogen) atoms. The Balaban J connectivity index is 2.68. The van der Waals surface area contributed by atoms with Crippen molar-refractivity contribution in [3.05, 3.63) is 52.3 Å². The largest absolute Gasteiger partial charge is 0.490 e. The fourth-order valence-electron chi connectivity index (χ4n) is 2.35. The van der Waals surface area contributed by atoms with E-state index in [-0.39, 0.29) is 17.9 Å². The third kappa shape index (κ3) is 4.29. The van der Waals surface area contributed by atoms with Crippen LogP contribution in [0.15, 0.2) is 18.2 Å². The van der Waals surface area contributed by atoms with Gasteiger partial charge in [-0.15, -0.1) is 0 Å². The zero-order chi connectivity index (χ0) is 22.4. The van der Waals surface area contributed by atoms with Crippen LogP contribution in [-0.2, 0) is 9.47 Å². The third-order valence-electron chi connectivity index (χ3n) is 3.81. The van der Waals surface area contributed by atoms with Gasteiger partial charge < -0.3 is 18.9 Å². The molecule has 0 aliphatic rings. The Kier molecular flexibility index (Phi) is 7.23. The molecule has 0 amide bonds. The first-order valence-corrected chi connectivity index (χ1v) is 8.48. The van der Waals surface area contributed by atoms with Gasteiger partial charge in [0.15, 0.2) is 29.4 Å². The van der Waals surface area contributed by atoms with E-state index in [1.165, 1.54) is 44.4 Å². The summed E-state index contributed by atoms with van der Waals surface area (Å²) in [7, 11) is 1.29. The van der Waals surface area contributed by atoms with Crippen molar-refractivity contribution >= 4 is 5.97 Å². The van der Waals surface area contributed by atoms with Crippen LogP contribution < -0.4 is 9.47 Å². The second-order valence-electron chi connectivity index (χ2n) is 5.62. The summed E-state index contributed by atoms with van der Waals surface area (Å²) in [5, 5.41) is 17.9. The predicted octanol–water partition coefficient (Wildman–Crippen LogP) is 4.19. The fraction of sp³-hybridized carbons (Fsp3) is 0.250. The maximum absolute atomic E-state index is 14.7. The van der Waals surface area contributed by atoms with Crippen molar-refractivity contribution in [3.63, 3.8) is 0 Å². The van der Waals surface area contributed by atoms with Gasteiger partial charge in [0.1, 0.15) is 28.8 Å². The van der Waals surface area contributed by atoms with E-state index in [0.717, 1.165) is 0 Å². The highest BCUT2D eigenvalue weighted by atomic mass is 19.2. The summed E-state index contributed by atoms with van der Waals surface area (Å²) < 4.78 is 63.7. The lowest BCUT2D eigenvalue weighted by atomic mass is 10.1. The molecule has 0 spiro atoms. The van der Waals surface area contributed by atoms with Gasteiger partial charge in [-0.05, 0) is 26.0 Å². The number of carbonyl (C=O) groups excluding carboxylic acids is 1. The number of hydrogen-bond donors (Lipinski definition) is 0. The Morgan fingerprint density at radius 1 is 1.07 bits per heavy atom. The van der Waals surface area contributed by atoms with E-state index >= 15 is 0 Å². The molecule has 7 nitrogen and oxygen atoms in total. The number of esters is 1. The summed E-state index contributed by atoms with van der Waals surface area (Å²) in [6.07, 6.45) is -0.952. The fourth-order valence-corrected chi connectivity index (χ4v) is 2.35. The quantitative estimate of drug-likeness (QED) is 0.376. The SMILES string of the molecule is CCOc1cccc(C(=O)OC(C)OC)c1Oc1c(F)c(F)c(C#N)c(C#N)c1F. The van der Waals surface area contributed by atoms with Crippen LogP contribution in [-0.4, -0.2) is 26.0 Å². The molecule has 0 heterocycles. The molecule has 2 aromatic carbocycles. The van der Waals surface area contributed by atoms with Gasteiger partial charge in [0.2, 0.25) is 11.6 Å². The van der Waals surface area contributed by atoms with E-state index in [1.807, 2.05) is 0 Å². The van der Waals surface area contributed by atoms with Crippen LogP contribution in [0.3, 0.4) is 0 Å². The molecular formula is C20H15F3N2O5. The molecule has 0 bridgehead atoms. The van der Waals surface area contributed by atoms with Crippen molar-refractivity contribution in [2.24, 2.45) is 0 Å². The van der Waals surface area contributed by atoms with Gasteiger partial charge in [-0.2, -0.15) is 14.9 Å². The molecule has 10 heteroatoms. The van der Waals surface area contributed by atoms with E-state index in [2.05, 4.69) is 0 Å². The summed E-state index contributed by atoms with van der Waals surface area (Å²) in [6, 6.07) is 6.50. The maximum Gasteiger partial charge on any atom is 0.344 e. The van der Waals surface area contributed by atoms with Crippen LogP contribution >= 0.6 is 0 Å². The van der Waals surface area contributed by atoms with Crippen molar-refractivity contribution in [2.45, 2.75) is 20.1 Å². The van der Waals surface area contributed by atoms with Crippen LogP contribution in [0.4, 0.5) is 13.2 Å². The minimum absolute atomic E-state index is 0.0967. The summed E-state index contributed by atoms with van der Waals surface area (Å²) in [5.41, 5.74) is -2.45. The second kappa shape index (κ2) is 9.63. The van der Waals surface area contributed by atoms with Crippen LogP contribution in [0.2, 0.25) is 0 Å². The standard InChI is InChI=1S/C20H15F3N2O5/c1-4-28-14-7-5-6-11(20(26)29-10(2)27-3)18(14)30-19-16(22)13(9-25)12(8-24)15(21)17(19)23/h5-7,10H,4H2,1-3H3. The minimum Gasteiger partial charge on any atom is -0.490 e. The number of para-hydroxylation sites is 1. The van der Waals surface area contributed by atoms with E-state index in [9.17, 15) is 18.0 Å². The van der Waals surface area contributed by atoms with E-state index in [4.69, 9.17) is 29.5 Å². The monoisotopic (exact) mass is 420 g/mol. The molecule has 0 N–H and O–H groups in total. The number of rotatable bonds is 7. The summed E-state index contributed by atoms with van der Waals surface area (Å²) in [6.45, 7) is 3.14. The number of hydrogen-bond acceptors (Lipinski definition) is 7. The van der Waals surface area contributed by atoms with Crippen LogP contribution in [0.25, 0.3) is 0 Å². The summed E-state index contributed by atoms with van der Waals surface area (Å²) in [4.78, 5) is 12.4. The molecule has 0 aliphatic carbocycles. The highest BCUT2D eigenvalue weighted by molar-refractivity contribution is 5.93. The van der Waals surface area contributed by atoms with Crippen LogP contribution in [0.5, 0.6) is 17.2 Å². The molecule has 0 aromatic heterocycles. The Morgan fingerprint density at radius 3 is 2.27 bits per heavy atom. The smallest absolute Gasteiger partial charge is 0.344 e. The third-order valence-corrected chi connectivity index (χ3v) is 3.81. The van der Waals surface area contributed by atoms with Gasteiger partial charge in [-0.25, -0.2) is 13.6 Å². The zero-order valence-electron chi connectivity index (χ0n) is 16.1. The summed E-state index contributed by atoms with van der Waals surface area (Å²) >= 11 is 0. The van der Waals surface area contributed by atoms with Crippen LogP contribution in [0, 0.1) is 40.1 Å². The van der Waals surface area contributed by atoms with E-state index in [0.29, 0.717) is 0 Å². The number of carbonyl (C=O) groups is 1. The first kappa shape index (κ1) is 22.5. The number of nitriles is 2. The molecule has 0 radical (unpaired) electrons. The van der Waals surface area contributed by atoms with Crippen molar-refractivity contribution in [1.29, 1.82) is 10.5 Å². The van der Waals surface area contributed by atoms with Gasteiger partial charge in [0.25, 0.3) is 0 Å². The maximum atomic E-state index is 14.7. The molecule has 0 aliphatic heterocycles. The lowest BCUT2D eigenvalue weighted by Crippen LogP contribution is -2.17. The minimum atomic E-state index is -1.85. The van der Waals surface area contributed by atoms with Crippen molar-refractivity contribution < 1.29 is 36.9 Å². The molecule has 2 rings (SSSR count). The van der Waals surface area contributed by atoms with E-state index in [1.54, 1.807) is 6.92 Å². The second-order valence-corrected chi connectivity index (χ2v) is 5.62. The van der Waals surface area contributed by atoms with Crippen LogP contribution in [0.1, 0.15) is 35.3 Å². The first-order chi connectivity index (χ1) is 14.3. The molecule has 0 saturated carbocycles. The lowest BCUT2D eigenvalue weighted by Gasteiger charge is -2.18. The highest BCUT2D eigenvalue weighted by Crippen LogP contribution is 2.40. The normalized spacial score (nSPS) is 11.2. The van der Waals surface area contributed by atoms with Gasteiger partial charge in [-0.1, -0.05) is 6.07 Å². The molecular weight excluding hydrogens is 405 g/mol. The van der Waals surface area contributed by atoms with Crippen molar-refractivity contribution in [2.75, 3.05) is 13.7 Å². The Labute approximate surface area is 169 Å². The number of ether oxygens (including phenoxy) is 4. The topological polar surface area (TPSA) is 102 Å². The average Bonchev–Trinajstić information content (AvgIpc) is 2.74. The lowest BCUT2D eigenvalue weighted by molar-refractivity contribution is -0.0774. The predicted molar refractivity (Wildman–Crippen MR) is 95.3 cm³/mol. The van der Waals surface area contributed by atoms with Gasteiger partial charge in [0.05, 0.1) is 6.61 Å².